The molecule has 232 valence electrons. The molecule has 3 aromatic rings. The molecule has 3 N–H and O–H groups in total. The Kier molecular flexibility index (Phi) is 9.88. The molecule has 0 radical (unpaired) electrons. The molecule has 1 aliphatic carbocycles. The van der Waals surface area contributed by atoms with Crippen LogP contribution < -0.4 is 20.1 Å². The van der Waals surface area contributed by atoms with Crippen LogP contribution in [0.25, 0.3) is 5.82 Å². The van der Waals surface area contributed by atoms with Gasteiger partial charge in [0.05, 0.1) is 12.2 Å². The van der Waals surface area contributed by atoms with Crippen LogP contribution in [0.3, 0.4) is 0 Å². The Morgan fingerprint density at radius 3 is 2.67 bits per heavy atom. The molecule has 1 saturated carbocycles. The van der Waals surface area contributed by atoms with Crippen LogP contribution in [0.4, 0.5) is 5.82 Å². The Morgan fingerprint density at radius 2 is 1.93 bits per heavy atom. The van der Waals surface area contributed by atoms with Crippen molar-refractivity contribution in [2.24, 2.45) is 11.8 Å². The summed E-state index contributed by atoms with van der Waals surface area (Å²) in [6, 6.07) is 9.29. The number of hydrogen-bond donors (Lipinski definition) is 3. The van der Waals surface area contributed by atoms with E-state index >= 15 is 0 Å². The average molecular weight is 630 g/mol. The molecular formula is C30H40ClN7O4S. The van der Waals surface area contributed by atoms with E-state index in [0.717, 1.165) is 38.1 Å². The first-order valence-electron chi connectivity index (χ1n) is 15.0. The van der Waals surface area contributed by atoms with E-state index < -0.39 is 15.9 Å². The Hall–Kier alpha value is -3.22. The second kappa shape index (κ2) is 13.6. The first-order chi connectivity index (χ1) is 20.6. The highest BCUT2D eigenvalue weighted by molar-refractivity contribution is 7.90. The number of halogens is 1. The van der Waals surface area contributed by atoms with E-state index in [-0.39, 0.29) is 21.3 Å². The third-order valence-electron chi connectivity index (χ3n) is 8.12. The fraction of sp³-hybridized carbons (Fsp3) is 0.533. The standard InChI is InChI=1S/C30H40ClN7O4S/c1-30(2)19-22(20-33-30)9-6-16-32-24-10-5-11-27(34-24)43(40,41)37-29(39)23-12-13-25(35-28(23)31)38-17-14-26(36-38)42-18-15-21-7-3-4-8-21/h5,10-14,17,21-22,33H,3-4,6-9,15-16,18-20H2,1-2H3,(H,32,34)(H,37,39)/t22-/m1/s1. The first-order valence-corrected chi connectivity index (χ1v) is 16.8. The van der Waals surface area contributed by atoms with Crippen LogP contribution >= 0.6 is 11.6 Å². The summed E-state index contributed by atoms with van der Waals surface area (Å²) in [5.41, 5.74) is 0.0927. The zero-order valence-electron chi connectivity index (χ0n) is 24.7. The van der Waals surface area contributed by atoms with Crippen LogP contribution in [0.5, 0.6) is 5.88 Å². The van der Waals surface area contributed by atoms with Gasteiger partial charge in [-0.3, -0.25) is 4.79 Å². The fourth-order valence-electron chi connectivity index (χ4n) is 5.85. The molecule has 1 amide bonds. The van der Waals surface area contributed by atoms with Gasteiger partial charge in [0.15, 0.2) is 10.8 Å². The summed E-state index contributed by atoms with van der Waals surface area (Å²) in [5, 5.41) is 10.7. The van der Waals surface area contributed by atoms with Gasteiger partial charge in [-0.2, -0.15) is 8.42 Å². The number of ether oxygens (including phenoxy) is 1. The third-order valence-corrected chi connectivity index (χ3v) is 9.64. The average Bonchev–Trinajstić information content (AvgIpc) is 3.73. The van der Waals surface area contributed by atoms with E-state index in [1.54, 1.807) is 24.4 Å². The molecule has 2 fully saturated rings. The second-order valence-corrected chi connectivity index (χ2v) is 14.1. The van der Waals surface area contributed by atoms with E-state index in [4.69, 9.17) is 16.3 Å². The summed E-state index contributed by atoms with van der Waals surface area (Å²) in [7, 11) is -4.26. The van der Waals surface area contributed by atoms with Gasteiger partial charge >= 0.3 is 0 Å². The van der Waals surface area contributed by atoms with Crippen molar-refractivity contribution < 1.29 is 17.9 Å². The van der Waals surface area contributed by atoms with Gasteiger partial charge in [-0.05, 0) is 82.2 Å². The lowest BCUT2D eigenvalue weighted by Gasteiger charge is -2.17. The van der Waals surface area contributed by atoms with E-state index in [2.05, 4.69) is 39.5 Å². The van der Waals surface area contributed by atoms with Gasteiger partial charge in [-0.1, -0.05) is 43.4 Å². The van der Waals surface area contributed by atoms with E-state index in [9.17, 15) is 13.2 Å². The fourth-order valence-corrected chi connectivity index (χ4v) is 7.02. The molecular weight excluding hydrogens is 590 g/mol. The lowest BCUT2D eigenvalue weighted by Crippen LogP contribution is -2.31. The number of pyridine rings is 2. The summed E-state index contributed by atoms with van der Waals surface area (Å²) in [6.45, 7) is 6.71. The van der Waals surface area contributed by atoms with Crippen molar-refractivity contribution in [2.45, 2.75) is 75.8 Å². The van der Waals surface area contributed by atoms with Crippen molar-refractivity contribution >= 4 is 33.3 Å². The van der Waals surface area contributed by atoms with Crippen LogP contribution in [-0.4, -0.2) is 59.3 Å². The Morgan fingerprint density at radius 1 is 1.12 bits per heavy atom. The summed E-state index contributed by atoms with van der Waals surface area (Å²) in [6.07, 6.45) is 11.0. The monoisotopic (exact) mass is 629 g/mol. The van der Waals surface area contributed by atoms with Crippen LogP contribution in [0, 0.1) is 11.8 Å². The summed E-state index contributed by atoms with van der Waals surface area (Å²) in [5.74, 6) is 1.71. The largest absolute Gasteiger partial charge is 0.477 e. The summed E-state index contributed by atoms with van der Waals surface area (Å²) in [4.78, 5) is 21.3. The van der Waals surface area contributed by atoms with Crippen LogP contribution in [-0.2, 0) is 10.0 Å². The number of sulfonamides is 1. The molecule has 0 aromatic carbocycles. The molecule has 2 aliphatic rings. The van der Waals surface area contributed by atoms with E-state index in [1.807, 2.05) is 4.72 Å². The number of rotatable bonds is 13. The lowest BCUT2D eigenvalue weighted by molar-refractivity contribution is 0.0981. The van der Waals surface area contributed by atoms with Gasteiger partial charge < -0.3 is 15.4 Å². The van der Waals surface area contributed by atoms with Gasteiger partial charge in [0.1, 0.15) is 11.0 Å². The topological polar surface area (TPSA) is 140 Å². The maximum Gasteiger partial charge on any atom is 0.281 e. The second-order valence-electron chi connectivity index (χ2n) is 12.1. The predicted octanol–water partition coefficient (Wildman–Crippen LogP) is 4.97. The van der Waals surface area contributed by atoms with Gasteiger partial charge in [-0.15, -0.1) is 5.10 Å². The molecule has 5 rings (SSSR count). The van der Waals surface area contributed by atoms with Crippen molar-refractivity contribution in [1.82, 2.24) is 29.8 Å². The lowest BCUT2D eigenvalue weighted by atomic mass is 9.94. The van der Waals surface area contributed by atoms with Gasteiger partial charge in [0.25, 0.3) is 15.9 Å². The minimum atomic E-state index is -4.26. The van der Waals surface area contributed by atoms with Crippen molar-refractivity contribution in [2.75, 3.05) is 25.0 Å². The predicted molar refractivity (Wildman–Crippen MR) is 165 cm³/mol. The number of aromatic nitrogens is 4. The summed E-state index contributed by atoms with van der Waals surface area (Å²) >= 11 is 6.30. The molecule has 11 nitrogen and oxygen atoms in total. The third kappa shape index (κ3) is 8.45. The minimum absolute atomic E-state index is 0.0898. The van der Waals surface area contributed by atoms with Gasteiger partial charge in [0.2, 0.25) is 5.88 Å². The number of nitrogens with zero attached hydrogens (tertiary/aromatic N) is 4. The number of carbonyl (C=O) groups excluding carboxylic acids is 1. The highest BCUT2D eigenvalue weighted by Gasteiger charge is 2.29. The Bertz CT molecular complexity index is 1520. The number of amides is 1. The maximum absolute atomic E-state index is 13.0. The zero-order valence-corrected chi connectivity index (χ0v) is 26.3. The molecule has 4 heterocycles. The molecule has 0 unspecified atom stereocenters. The van der Waals surface area contributed by atoms with E-state index in [1.165, 1.54) is 48.6 Å². The van der Waals surface area contributed by atoms with E-state index in [0.29, 0.717) is 36.6 Å². The molecule has 3 aromatic heterocycles. The van der Waals surface area contributed by atoms with Gasteiger partial charge in [-0.25, -0.2) is 19.4 Å². The zero-order chi connectivity index (χ0) is 30.5. The van der Waals surface area contributed by atoms with Crippen molar-refractivity contribution in [3.8, 4) is 11.7 Å². The van der Waals surface area contributed by atoms with Gasteiger partial charge in [0, 0.05) is 24.3 Å². The maximum atomic E-state index is 13.0. The minimum Gasteiger partial charge on any atom is -0.477 e. The van der Waals surface area contributed by atoms with Crippen LogP contribution in [0.15, 0.2) is 47.6 Å². The molecule has 0 bridgehead atoms. The molecule has 43 heavy (non-hydrogen) atoms. The molecule has 13 heteroatoms. The molecule has 0 spiro atoms. The van der Waals surface area contributed by atoms with Crippen LogP contribution in [0.2, 0.25) is 5.15 Å². The molecule has 1 atom stereocenters. The number of anilines is 1. The van der Waals surface area contributed by atoms with Crippen molar-refractivity contribution in [3.63, 3.8) is 0 Å². The quantitative estimate of drug-likeness (QED) is 0.176. The summed E-state index contributed by atoms with van der Waals surface area (Å²) < 4.78 is 35.3. The number of nitrogens with one attached hydrogen (secondary N) is 3. The Labute approximate surface area is 258 Å². The SMILES string of the molecule is CC1(C)C[C@@H](CCCNc2cccc(S(=O)(=O)NC(=O)c3ccc(-n4ccc(OCCC5CCCC5)n4)nc3Cl)n2)CN1. The number of hydrogen-bond acceptors (Lipinski definition) is 9. The first kappa shape index (κ1) is 31.2. The van der Waals surface area contributed by atoms with Crippen molar-refractivity contribution in [3.05, 3.63) is 53.3 Å². The molecule has 1 saturated heterocycles. The molecule has 1 aliphatic heterocycles. The highest BCUT2D eigenvalue weighted by Crippen LogP contribution is 2.28. The number of carbonyl (C=O) groups is 1. The normalized spacial score (nSPS) is 18.5. The van der Waals surface area contributed by atoms with Crippen LogP contribution in [0.1, 0.15) is 75.6 Å². The smallest absolute Gasteiger partial charge is 0.281 e. The Balaban J connectivity index is 1.14. The highest BCUT2D eigenvalue weighted by atomic mass is 35.5. The van der Waals surface area contributed by atoms with Crippen molar-refractivity contribution in [1.29, 1.82) is 0 Å².